The number of hydrogen-bond acceptors (Lipinski definition) is 4. The molecule has 2 N–H and O–H groups in total. The molecule has 0 saturated heterocycles. The fraction of sp³-hybridized carbons (Fsp3) is 0.182. The maximum Gasteiger partial charge on any atom is 0.161 e. The molecular formula is C22H21Cl2NO3. The van der Waals surface area contributed by atoms with E-state index in [0.29, 0.717) is 30.3 Å². The molecule has 0 amide bonds. The van der Waals surface area contributed by atoms with Gasteiger partial charge in [-0.25, -0.2) is 0 Å². The van der Waals surface area contributed by atoms with Crippen LogP contribution in [0.15, 0.2) is 54.6 Å². The summed E-state index contributed by atoms with van der Waals surface area (Å²) in [6, 6.07) is 17.2. The van der Waals surface area contributed by atoms with Crippen molar-refractivity contribution >= 4 is 28.9 Å². The van der Waals surface area contributed by atoms with E-state index < -0.39 is 0 Å². The second-order valence-electron chi connectivity index (χ2n) is 6.40. The van der Waals surface area contributed by atoms with Crippen LogP contribution in [0.5, 0.6) is 17.2 Å². The lowest BCUT2D eigenvalue weighted by Gasteiger charge is -2.14. The Labute approximate surface area is 174 Å². The Morgan fingerprint density at radius 1 is 0.929 bits per heavy atom. The molecule has 0 aliphatic rings. The van der Waals surface area contributed by atoms with Gasteiger partial charge in [-0.2, -0.15) is 0 Å². The summed E-state index contributed by atoms with van der Waals surface area (Å²) >= 11 is 11.9. The molecule has 0 aliphatic heterocycles. The average Bonchev–Trinajstić information content (AvgIpc) is 2.69. The van der Waals surface area contributed by atoms with Crippen LogP contribution in [0.2, 0.25) is 10.0 Å². The molecule has 3 aromatic rings. The highest BCUT2D eigenvalue weighted by molar-refractivity contribution is 6.37. The SMILES string of the molecule is COc1cc(CNc2cc(Cl)c(O)c(Cl)c2)ccc1OCc1cccc(C)c1. The predicted octanol–water partition coefficient (Wildman–Crippen LogP) is 6.21. The van der Waals surface area contributed by atoms with Gasteiger partial charge in [-0.3, -0.25) is 0 Å². The highest BCUT2D eigenvalue weighted by Crippen LogP contribution is 2.35. The van der Waals surface area contributed by atoms with Gasteiger partial charge in [-0.05, 0) is 42.3 Å². The monoisotopic (exact) mass is 417 g/mol. The Hall–Kier alpha value is -2.56. The van der Waals surface area contributed by atoms with Gasteiger partial charge in [0.05, 0.1) is 17.2 Å². The second kappa shape index (κ2) is 9.09. The molecule has 28 heavy (non-hydrogen) atoms. The largest absolute Gasteiger partial charge is 0.505 e. The van der Waals surface area contributed by atoms with Crippen molar-refractivity contribution in [2.45, 2.75) is 20.1 Å². The molecule has 0 fully saturated rings. The summed E-state index contributed by atoms with van der Waals surface area (Å²) in [7, 11) is 1.62. The zero-order chi connectivity index (χ0) is 20.1. The molecule has 4 nitrogen and oxygen atoms in total. The third-order valence-corrected chi connectivity index (χ3v) is 4.79. The van der Waals surface area contributed by atoms with Crippen LogP contribution < -0.4 is 14.8 Å². The number of anilines is 1. The topological polar surface area (TPSA) is 50.7 Å². The van der Waals surface area contributed by atoms with E-state index in [-0.39, 0.29) is 15.8 Å². The van der Waals surface area contributed by atoms with E-state index in [2.05, 4.69) is 24.4 Å². The summed E-state index contributed by atoms with van der Waals surface area (Å²) in [5.41, 5.74) is 4.02. The summed E-state index contributed by atoms with van der Waals surface area (Å²) in [5.74, 6) is 1.22. The van der Waals surface area contributed by atoms with E-state index in [1.165, 1.54) is 5.56 Å². The van der Waals surface area contributed by atoms with E-state index in [9.17, 15) is 5.11 Å². The van der Waals surface area contributed by atoms with Gasteiger partial charge in [-0.1, -0.05) is 59.1 Å². The zero-order valence-corrected chi connectivity index (χ0v) is 17.1. The molecule has 0 aliphatic carbocycles. The molecule has 6 heteroatoms. The second-order valence-corrected chi connectivity index (χ2v) is 7.22. The van der Waals surface area contributed by atoms with Gasteiger partial charge in [0.15, 0.2) is 17.2 Å². The van der Waals surface area contributed by atoms with E-state index >= 15 is 0 Å². The van der Waals surface area contributed by atoms with E-state index in [4.69, 9.17) is 32.7 Å². The molecule has 0 heterocycles. The van der Waals surface area contributed by atoms with Gasteiger partial charge in [0, 0.05) is 12.2 Å². The van der Waals surface area contributed by atoms with Crippen molar-refractivity contribution in [2.75, 3.05) is 12.4 Å². The molecule has 0 radical (unpaired) electrons. The molecular weight excluding hydrogens is 397 g/mol. The number of aromatic hydroxyl groups is 1. The molecule has 0 unspecified atom stereocenters. The quantitative estimate of drug-likeness (QED) is 0.448. The van der Waals surface area contributed by atoms with Crippen LogP contribution in [-0.4, -0.2) is 12.2 Å². The van der Waals surface area contributed by atoms with Crippen molar-refractivity contribution in [1.82, 2.24) is 0 Å². The highest BCUT2D eigenvalue weighted by Gasteiger charge is 2.09. The van der Waals surface area contributed by atoms with Crippen molar-refractivity contribution in [3.63, 3.8) is 0 Å². The van der Waals surface area contributed by atoms with Crippen LogP contribution in [0.3, 0.4) is 0 Å². The number of aryl methyl sites for hydroxylation is 1. The Bertz CT molecular complexity index is 953. The first-order valence-corrected chi connectivity index (χ1v) is 9.49. The fourth-order valence-electron chi connectivity index (χ4n) is 2.78. The van der Waals surface area contributed by atoms with E-state index in [1.807, 2.05) is 30.3 Å². The molecule has 3 aromatic carbocycles. The highest BCUT2D eigenvalue weighted by atomic mass is 35.5. The van der Waals surface area contributed by atoms with Crippen LogP contribution in [0.1, 0.15) is 16.7 Å². The minimum absolute atomic E-state index is 0.120. The van der Waals surface area contributed by atoms with Crippen LogP contribution in [0.25, 0.3) is 0 Å². The number of phenolic OH excluding ortho intramolecular Hbond substituents is 1. The third kappa shape index (κ3) is 5.03. The van der Waals surface area contributed by atoms with Crippen LogP contribution >= 0.6 is 23.2 Å². The van der Waals surface area contributed by atoms with Crippen molar-refractivity contribution in [2.24, 2.45) is 0 Å². The van der Waals surface area contributed by atoms with Gasteiger partial charge in [0.1, 0.15) is 6.61 Å². The summed E-state index contributed by atoms with van der Waals surface area (Å²) in [6.45, 7) is 3.06. The van der Waals surface area contributed by atoms with Gasteiger partial charge >= 0.3 is 0 Å². The summed E-state index contributed by atoms with van der Waals surface area (Å²) in [5, 5.41) is 13.3. The number of phenols is 1. The summed E-state index contributed by atoms with van der Waals surface area (Å²) in [6.07, 6.45) is 0. The summed E-state index contributed by atoms with van der Waals surface area (Å²) in [4.78, 5) is 0. The summed E-state index contributed by atoms with van der Waals surface area (Å²) < 4.78 is 11.4. The number of hydrogen-bond donors (Lipinski definition) is 2. The predicted molar refractivity (Wildman–Crippen MR) is 114 cm³/mol. The lowest BCUT2D eigenvalue weighted by atomic mass is 10.1. The number of benzene rings is 3. The van der Waals surface area contributed by atoms with Crippen LogP contribution in [0, 0.1) is 6.92 Å². The number of halogens is 2. The van der Waals surface area contributed by atoms with Crippen molar-refractivity contribution < 1.29 is 14.6 Å². The smallest absolute Gasteiger partial charge is 0.161 e. The number of nitrogens with one attached hydrogen (secondary N) is 1. The lowest BCUT2D eigenvalue weighted by Crippen LogP contribution is -2.02. The van der Waals surface area contributed by atoms with E-state index in [1.54, 1.807) is 19.2 Å². The maximum absolute atomic E-state index is 9.64. The standard InChI is InChI=1S/C22H21Cl2NO3/c1-14-4-3-5-16(8-14)13-28-20-7-6-15(9-21(20)27-2)12-25-17-10-18(23)22(26)19(24)11-17/h3-11,25-26H,12-13H2,1-2H3. The van der Waals surface area contributed by atoms with Crippen LogP contribution in [0.4, 0.5) is 5.69 Å². The molecule has 0 aromatic heterocycles. The van der Waals surface area contributed by atoms with Gasteiger partial charge in [0.2, 0.25) is 0 Å². The Morgan fingerprint density at radius 2 is 1.68 bits per heavy atom. The maximum atomic E-state index is 9.64. The minimum Gasteiger partial charge on any atom is -0.505 e. The number of rotatable bonds is 7. The molecule has 0 saturated carbocycles. The van der Waals surface area contributed by atoms with Crippen molar-refractivity contribution in [3.8, 4) is 17.2 Å². The van der Waals surface area contributed by atoms with E-state index in [0.717, 1.165) is 11.1 Å². The molecule has 0 bridgehead atoms. The first kappa shape index (κ1) is 20.2. The average molecular weight is 418 g/mol. The normalized spacial score (nSPS) is 10.6. The Kier molecular flexibility index (Phi) is 6.55. The molecule has 146 valence electrons. The van der Waals surface area contributed by atoms with Crippen LogP contribution in [-0.2, 0) is 13.2 Å². The number of methoxy groups -OCH3 is 1. The van der Waals surface area contributed by atoms with Crippen molar-refractivity contribution in [1.29, 1.82) is 0 Å². The first-order chi connectivity index (χ1) is 13.5. The first-order valence-electron chi connectivity index (χ1n) is 8.73. The zero-order valence-electron chi connectivity index (χ0n) is 15.6. The van der Waals surface area contributed by atoms with Gasteiger partial charge in [-0.15, -0.1) is 0 Å². The fourth-order valence-corrected chi connectivity index (χ4v) is 3.26. The van der Waals surface area contributed by atoms with Gasteiger partial charge < -0.3 is 19.9 Å². The van der Waals surface area contributed by atoms with Crippen molar-refractivity contribution in [3.05, 3.63) is 81.3 Å². The Balaban J connectivity index is 1.67. The van der Waals surface area contributed by atoms with Gasteiger partial charge in [0.25, 0.3) is 0 Å². The Morgan fingerprint density at radius 3 is 2.36 bits per heavy atom. The number of ether oxygens (including phenoxy) is 2. The lowest BCUT2D eigenvalue weighted by molar-refractivity contribution is 0.284. The molecule has 0 atom stereocenters. The molecule has 3 rings (SSSR count). The minimum atomic E-state index is -0.120. The molecule has 0 spiro atoms. The third-order valence-electron chi connectivity index (χ3n) is 4.22.